The molecule has 0 spiro atoms. The SMILES string of the molecule is Cc1ccccc1C(N)C1(C)CCCCC1. The lowest BCUT2D eigenvalue weighted by Gasteiger charge is -2.39. The molecule has 0 saturated heterocycles. The molecule has 0 bridgehead atoms. The van der Waals surface area contributed by atoms with Crippen molar-refractivity contribution >= 4 is 0 Å². The van der Waals surface area contributed by atoms with E-state index in [1.54, 1.807) is 0 Å². The van der Waals surface area contributed by atoms with Gasteiger partial charge in [0.15, 0.2) is 0 Å². The van der Waals surface area contributed by atoms with Gasteiger partial charge in [0, 0.05) is 6.04 Å². The summed E-state index contributed by atoms with van der Waals surface area (Å²) in [7, 11) is 0. The average molecular weight is 217 g/mol. The molecule has 0 radical (unpaired) electrons. The van der Waals surface area contributed by atoms with Crippen molar-refractivity contribution < 1.29 is 0 Å². The molecule has 1 atom stereocenters. The normalized spacial score (nSPS) is 21.7. The molecule has 88 valence electrons. The van der Waals surface area contributed by atoms with Gasteiger partial charge in [-0.1, -0.05) is 50.5 Å². The molecular formula is C15H23N. The van der Waals surface area contributed by atoms with E-state index >= 15 is 0 Å². The van der Waals surface area contributed by atoms with Crippen LogP contribution < -0.4 is 5.73 Å². The highest BCUT2D eigenvalue weighted by Gasteiger charge is 2.34. The topological polar surface area (TPSA) is 26.0 Å². The molecule has 1 aliphatic carbocycles. The van der Waals surface area contributed by atoms with Gasteiger partial charge >= 0.3 is 0 Å². The van der Waals surface area contributed by atoms with Gasteiger partial charge in [-0.3, -0.25) is 0 Å². The monoisotopic (exact) mass is 217 g/mol. The fourth-order valence-corrected chi connectivity index (χ4v) is 2.98. The van der Waals surface area contributed by atoms with E-state index in [2.05, 4.69) is 38.1 Å². The number of hydrogen-bond acceptors (Lipinski definition) is 1. The van der Waals surface area contributed by atoms with Crippen molar-refractivity contribution in [2.24, 2.45) is 11.1 Å². The fourth-order valence-electron chi connectivity index (χ4n) is 2.98. The zero-order valence-corrected chi connectivity index (χ0v) is 10.5. The summed E-state index contributed by atoms with van der Waals surface area (Å²) in [4.78, 5) is 0. The second kappa shape index (κ2) is 4.58. The van der Waals surface area contributed by atoms with Crippen LogP contribution in [-0.4, -0.2) is 0 Å². The second-order valence-corrected chi connectivity index (χ2v) is 5.55. The van der Waals surface area contributed by atoms with Gasteiger partial charge in [0.1, 0.15) is 0 Å². The molecule has 0 aliphatic heterocycles. The maximum absolute atomic E-state index is 6.50. The van der Waals surface area contributed by atoms with Crippen molar-refractivity contribution in [2.75, 3.05) is 0 Å². The Labute approximate surface area is 99.0 Å². The third-order valence-electron chi connectivity index (χ3n) is 4.27. The Morgan fingerprint density at radius 2 is 1.75 bits per heavy atom. The van der Waals surface area contributed by atoms with Crippen molar-refractivity contribution in [3.63, 3.8) is 0 Å². The minimum atomic E-state index is 0.203. The molecule has 2 rings (SSSR count). The van der Waals surface area contributed by atoms with Crippen LogP contribution in [0, 0.1) is 12.3 Å². The van der Waals surface area contributed by atoms with Crippen molar-refractivity contribution in [2.45, 2.75) is 52.0 Å². The van der Waals surface area contributed by atoms with E-state index in [-0.39, 0.29) is 6.04 Å². The molecule has 16 heavy (non-hydrogen) atoms. The van der Waals surface area contributed by atoms with Crippen molar-refractivity contribution in [3.05, 3.63) is 35.4 Å². The number of benzene rings is 1. The molecule has 1 fully saturated rings. The molecule has 0 aromatic heterocycles. The molecule has 1 aromatic rings. The molecule has 0 heterocycles. The van der Waals surface area contributed by atoms with Crippen LogP contribution >= 0.6 is 0 Å². The molecule has 1 heteroatoms. The maximum atomic E-state index is 6.50. The third-order valence-corrected chi connectivity index (χ3v) is 4.27. The summed E-state index contributed by atoms with van der Waals surface area (Å²) in [6, 6.07) is 8.76. The highest BCUT2D eigenvalue weighted by atomic mass is 14.7. The first-order valence-corrected chi connectivity index (χ1v) is 6.45. The van der Waals surface area contributed by atoms with Crippen LogP contribution in [0.5, 0.6) is 0 Å². The lowest BCUT2D eigenvalue weighted by molar-refractivity contribution is 0.170. The number of nitrogens with two attached hydrogens (primary N) is 1. The Bertz CT molecular complexity index is 350. The predicted molar refractivity (Wildman–Crippen MR) is 69.3 cm³/mol. The molecule has 1 unspecified atom stereocenters. The Morgan fingerprint density at radius 1 is 1.12 bits per heavy atom. The fraction of sp³-hybridized carbons (Fsp3) is 0.600. The lowest BCUT2D eigenvalue weighted by Crippen LogP contribution is -2.34. The molecule has 1 saturated carbocycles. The summed E-state index contributed by atoms with van der Waals surface area (Å²) < 4.78 is 0. The zero-order valence-electron chi connectivity index (χ0n) is 10.5. The van der Waals surface area contributed by atoms with Crippen LogP contribution in [0.25, 0.3) is 0 Å². The van der Waals surface area contributed by atoms with E-state index in [1.165, 1.54) is 43.2 Å². The van der Waals surface area contributed by atoms with Crippen LogP contribution in [-0.2, 0) is 0 Å². The summed E-state index contributed by atoms with van der Waals surface area (Å²) in [6.45, 7) is 4.53. The van der Waals surface area contributed by atoms with Crippen LogP contribution in [0.15, 0.2) is 24.3 Å². The summed E-state index contributed by atoms with van der Waals surface area (Å²) in [5.74, 6) is 0. The number of rotatable bonds is 2. The van der Waals surface area contributed by atoms with E-state index in [0.29, 0.717) is 5.41 Å². The van der Waals surface area contributed by atoms with Gasteiger partial charge in [-0.05, 0) is 36.3 Å². The maximum Gasteiger partial charge on any atom is 0.0352 e. The van der Waals surface area contributed by atoms with Gasteiger partial charge < -0.3 is 5.73 Å². The van der Waals surface area contributed by atoms with E-state index in [9.17, 15) is 0 Å². The standard InChI is InChI=1S/C15H23N/c1-12-8-4-5-9-13(12)14(16)15(2)10-6-3-7-11-15/h4-5,8-9,14H,3,6-7,10-11,16H2,1-2H3. The van der Waals surface area contributed by atoms with Gasteiger partial charge in [0.2, 0.25) is 0 Å². The van der Waals surface area contributed by atoms with E-state index < -0.39 is 0 Å². The molecular weight excluding hydrogens is 194 g/mol. The van der Waals surface area contributed by atoms with Crippen molar-refractivity contribution in [1.82, 2.24) is 0 Å². The molecule has 1 nitrogen and oxygen atoms in total. The highest BCUT2D eigenvalue weighted by Crippen LogP contribution is 2.44. The van der Waals surface area contributed by atoms with Crippen LogP contribution in [0.4, 0.5) is 0 Å². The second-order valence-electron chi connectivity index (χ2n) is 5.55. The minimum absolute atomic E-state index is 0.203. The van der Waals surface area contributed by atoms with E-state index in [4.69, 9.17) is 5.73 Å². The average Bonchev–Trinajstić information content (AvgIpc) is 2.30. The van der Waals surface area contributed by atoms with Gasteiger partial charge in [-0.2, -0.15) is 0 Å². The first kappa shape index (κ1) is 11.7. The van der Waals surface area contributed by atoms with Crippen LogP contribution in [0.2, 0.25) is 0 Å². The van der Waals surface area contributed by atoms with E-state index in [0.717, 1.165) is 0 Å². The smallest absolute Gasteiger partial charge is 0.0352 e. The molecule has 0 amide bonds. The molecule has 2 N–H and O–H groups in total. The van der Waals surface area contributed by atoms with Gasteiger partial charge in [-0.15, -0.1) is 0 Å². The Morgan fingerprint density at radius 3 is 2.38 bits per heavy atom. The van der Waals surface area contributed by atoms with Crippen LogP contribution in [0.3, 0.4) is 0 Å². The highest BCUT2D eigenvalue weighted by molar-refractivity contribution is 5.30. The predicted octanol–water partition coefficient (Wildman–Crippen LogP) is 3.97. The summed E-state index contributed by atoms with van der Waals surface area (Å²) in [6.07, 6.45) is 6.63. The van der Waals surface area contributed by atoms with Gasteiger partial charge in [0.25, 0.3) is 0 Å². The minimum Gasteiger partial charge on any atom is -0.323 e. The van der Waals surface area contributed by atoms with Crippen molar-refractivity contribution in [3.8, 4) is 0 Å². The van der Waals surface area contributed by atoms with Crippen molar-refractivity contribution in [1.29, 1.82) is 0 Å². The number of aryl methyl sites for hydroxylation is 1. The quantitative estimate of drug-likeness (QED) is 0.797. The molecule has 1 aliphatic rings. The lowest BCUT2D eigenvalue weighted by atomic mass is 9.68. The Kier molecular flexibility index (Phi) is 3.34. The zero-order chi connectivity index (χ0) is 11.6. The molecule has 1 aromatic carbocycles. The largest absolute Gasteiger partial charge is 0.323 e. The first-order chi connectivity index (χ1) is 7.63. The summed E-state index contributed by atoms with van der Waals surface area (Å²) in [5.41, 5.74) is 9.49. The summed E-state index contributed by atoms with van der Waals surface area (Å²) >= 11 is 0. The van der Waals surface area contributed by atoms with Gasteiger partial charge in [-0.25, -0.2) is 0 Å². The Hall–Kier alpha value is -0.820. The van der Waals surface area contributed by atoms with Crippen LogP contribution in [0.1, 0.15) is 56.2 Å². The summed E-state index contributed by atoms with van der Waals surface area (Å²) in [5, 5.41) is 0. The first-order valence-electron chi connectivity index (χ1n) is 6.45. The number of hydrogen-bond donors (Lipinski definition) is 1. The van der Waals surface area contributed by atoms with E-state index in [1.807, 2.05) is 0 Å². The van der Waals surface area contributed by atoms with Gasteiger partial charge in [0.05, 0.1) is 0 Å². The third kappa shape index (κ3) is 2.15. The Balaban J connectivity index is 2.24.